The van der Waals surface area contributed by atoms with Crippen molar-refractivity contribution in [1.82, 2.24) is 9.78 Å². The van der Waals surface area contributed by atoms with Crippen molar-refractivity contribution < 1.29 is 4.39 Å². The molecule has 0 radical (unpaired) electrons. The molecule has 0 atom stereocenters. The van der Waals surface area contributed by atoms with Crippen LogP contribution >= 0.6 is 11.6 Å². The molecule has 0 unspecified atom stereocenters. The van der Waals surface area contributed by atoms with Crippen LogP contribution in [0, 0.1) is 35.9 Å². The third kappa shape index (κ3) is 4.72. The summed E-state index contributed by atoms with van der Waals surface area (Å²) in [6.07, 6.45) is 0. The summed E-state index contributed by atoms with van der Waals surface area (Å²) in [5.41, 5.74) is 2.86. The van der Waals surface area contributed by atoms with Crippen LogP contribution in [-0.4, -0.2) is 9.78 Å². The Morgan fingerprint density at radius 2 is 1.81 bits per heavy atom. The maximum Gasteiger partial charge on any atom is 0.136 e. The van der Waals surface area contributed by atoms with Gasteiger partial charge >= 0.3 is 0 Å². The van der Waals surface area contributed by atoms with E-state index in [2.05, 4.69) is 16.9 Å². The number of halogens is 2. The van der Waals surface area contributed by atoms with Crippen molar-refractivity contribution >= 4 is 11.6 Å². The predicted molar refractivity (Wildman–Crippen MR) is 102 cm³/mol. The van der Waals surface area contributed by atoms with Gasteiger partial charge in [0.1, 0.15) is 11.5 Å². The number of rotatable bonds is 1. The van der Waals surface area contributed by atoms with Gasteiger partial charge < -0.3 is 0 Å². The van der Waals surface area contributed by atoms with E-state index in [0.717, 1.165) is 11.3 Å². The Kier molecular flexibility index (Phi) is 6.55. The average Bonchev–Trinajstić information content (AvgIpc) is 3.02. The van der Waals surface area contributed by atoms with Gasteiger partial charge in [0.25, 0.3) is 0 Å². The van der Waals surface area contributed by atoms with Crippen LogP contribution in [0.25, 0.3) is 5.69 Å². The molecular formula is C21H17ClFN3. The highest BCUT2D eigenvalue weighted by molar-refractivity contribution is 6.30. The molecule has 3 aromatic rings. The van der Waals surface area contributed by atoms with Crippen LogP contribution in [-0.2, 0) is 0 Å². The van der Waals surface area contributed by atoms with Gasteiger partial charge in [-0.25, -0.2) is 9.07 Å². The first-order valence-electron chi connectivity index (χ1n) is 8.10. The lowest BCUT2D eigenvalue weighted by molar-refractivity contribution is 0.624. The molecule has 0 spiro atoms. The standard InChI is InChI=1S/C19H11ClFN3.C2H6/c1-13-7-18(6-5-14-3-2-4-16(20)8-14)23-24(13)19-10-15(12-22)9-17(21)11-19;1-2/h2-4,7-11H,1H3;1-2H3. The highest BCUT2D eigenvalue weighted by Crippen LogP contribution is 2.16. The van der Waals surface area contributed by atoms with Crippen molar-refractivity contribution in [3.8, 4) is 23.6 Å². The zero-order valence-electron chi connectivity index (χ0n) is 14.7. The van der Waals surface area contributed by atoms with Crippen molar-refractivity contribution in [3.63, 3.8) is 0 Å². The zero-order chi connectivity index (χ0) is 19.1. The molecule has 2 aromatic carbocycles. The maximum absolute atomic E-state index is 13.6. The maximum atomic E-state index is 13.6. The smallest absolute Gasteiger partial charge is 0.136 e. The Bertz CT molecular complexity index is 1020. The van der Waals surface area contributed by atoms with E-state index in [1.807, 2.05) is 39.0 Å². The Morgan fingerprint density at radius 1 is 1.04 bits per heavy atom. The van der Waals surface area contributed by atoms with Crippen molar-refractivity contribution in [2.24, 2.45) is 0 Å². The van der Waals surface area contributed by atoms with Crippen LogP contribution in [0.5, 0.6) is 0 Å². The molecule has 0 amide bonds. The molecule has 0 fully saturated rings. The van der Waals surface area contributed by atoms with Gasteiger partial charge in [0, 0.05) is 16.3 Å². The molecule has 26 heavy (non-hydrogen) atoms. The number of aryl methyl sites for hydroxylation is 1. The summed E-state index contributed by atoms with van der Waals surface area (Å²) in [5, 5.41) is 13.9. The monoisotopic (exact) mass is 365 g/mol. The fourth-order valence-electron chi connectivity index (χ4n) is 2.26. The molecule has 0 aliphatic rings. The minimum atomic E-state index is -0.481. The molecule has 0 bridgehead atoms. The van der Waals surface area contributed by atoms with Crippen LogP contribution in [0.4, 0.5) is 4.39 Å². The zero-order valence-corrected chi connectivity index (χ0v) is 15.5. The number of nitriles is 1. The molecular weight excluding hydrogens is 349 g/mol. The molecule has 1 heterocycles. The first-order chi connectivity index (χ1) is 12.5. The SMILES string of the molecule is CC.Cc1cc(C#Cc2cccc(Cl)c2)nn1-c1cc(F)cc(C#N)c1. The molecule has 3 nitrogen and oxygen atoms in total. The third-order valence-corrected chi connectivity index (χ3v) is 3.54. The van der Waals surface area contributed by atoms with Gasteiger partial charge in [-0.05, 0) is 55.3 Å². The van der Waals surface area contributed by atoms with Gasteiger partial charge in [-0.2, -0.15) is 10.4 Å². The summed E-state index contributed by atoms with van der Waals surface area (Å²) >= 11 is 5.93. The molecule has 1 aromatic heterocycles. The van der Waals surface area contributed by atoms with Gasteiger partial charge in [-0.3, -0.25) is 0 Å². The van der Waals surface area contributed by atoms with Crippen LogP contribution in [0.1, 0.15) is 36.4 Å². The van der Waals surface area contributed by atoms with Gasteiger partial charge in [0.2, 0.25) is 0 Å². The second-order valence-corrected chi connectivity index (χ2v) is 5.59. The molecule has 0 saturated carbocycles. The topological polar surface area (TPSA) is 41.6 Å². The lowest BCUT2D eigenvalue weighted by Gasteiger charge is -2.04. The second kappa shape index (κ2) is 8.85. The summed E-state index contributed by atoms with van der Waals surface area (Å²) in [6, 6.07) is 15.1. The van der Waals surface area contributed by atoms with Crippen LogP contribution < -0.4 is 0 Å². The first-order valence-corrected chi connectivity index (χ1v) is 8.48. The molecule has 130 valence electrons. The largest absolute Gasteiger partial charge is 0.237 e. The van der Waals surface area contributed by atoms with Gasteiger partial charge in [-0.1, -0.05) is 37.4 Å². The molecule has 0 aliphatic heterocycles. The fraction of sp³-hybridized carbons (Fsp3) is 0.143. The van der Waals surface area contributed by atoms with Gasteiger partial charge in [0.05, 0.1) is 17.3 Å². The Labute approximate surface area is 157 Å². The summed E-state index contributed by atoms with van der Waals surface area (Å²) < 4.78 is 15.2. The minimum absolute atomic E-state index is 0.242. The third-order valence-electron chi connectivity index (χ3n) is 3.30. The summed E-state index contributed by atoms with van der Waals surface area (Å²) in [5.74, 6) is 5.47. The van der Waals surface area contributed by atoms with E-state index in [1.54, 1.807) is 28.9 Å². The molecule has 5 heteroatoms. The van der Waals surface area contributed by atoms with E-state index in [1.165, 1.54) is 12.1 Å². The number of hydrogen-bond acceptors (Lipinski definition) is 2. The van der Waals surface area contributed by atoms with E-state index in [-0.39, 0.29) is 5.56 Å². The van der Waals surface area contributed by atoms with Crippen molar-refractivity contribution in [2.45, 2.75) is 20.8 Å². The van der Waals surface area contributed by atoms with Crippen LogP contribution in [0.2, 0.25) is 5.02 Å². The predicted octanol–water partition coefficient (Wildman–Crippen LogP) is 5.27. The summed E-state index contributed by atoms with van der Waals surface area (Å²) in [6.45, 7) is 5.84. The van der Waals surface area contributed by atoms with E-state index in [0.29, 0.717) is 16.4 Å². The van der Waals surface area contributed by atoms with Gasteiger partial charge in [-0.15, -0.1) is 0 Å². The number of hydrogen-bond donors (Lipinski definition) is 0. The normalized spacial score (nSPS) is 9.38. The highest BCUT2D eigenvalue weighted by Gasteiger charge is 2.08. The minimum Gasteiger partial charge on any atom is -0.237 e. The van der Waals surface area contributed by atoms with Crippen molar-refractivity contribution in [2.75, 3.05) is 0 Å². The summed E-state index contributed by atoms with van der Waals surface area (Å²) in [7, 11) is 0. The molecule has 0 saturated heterocycles. The number of benzene rings is 2. The highest BCUT2D eigenvalue weighted by atomic mass is 35.5. The second-order valence-electron chi connectivity index (χ2n) is 5.15. The van der Waals surface area contributed by atoms with E-state index in [4.69, 9.17) is 16.9 Å². The van der Waals surface area contributed by atoms with E-state index in [9.17, 15) is 4.39 Å². The quantitative estimate of drug-likeness (QED) is 0.551. The molecule has 0 N–H and O–H groups in total. The molecule has 0 aliphatic carbocycles. The lowest BCUT2D eigenvalue weighted by atomic mass is 10.2. The van der Waals surface area contributed by atoms with E-state index < -0.39 is 5.82 Å². The van der Waals surface area contributed by atoms with E-state index >= 15 is 0 Å². The fourth-order valence-corrected chi connectivity index (χ4v) is 2.45. The Hall–Kier alpha value is -3.08. The van der Waals surface area contributed by atoms with Crippen LogP contribution in [0.3, 0.4) is 0 Å². The van der Waals surface area contributed by atoms with Crippen LogP contribution in [0.15, 0.2) is 48.5 Å². The Balaban J connectivity index is 0.00000117. The van der Waals surface area contributed by atoms with Crippen molar-refractivity contribution in [3.05, 3.63) is 81.9 Å². The molecule has 3 rings (SSSR count). The summed E-state index contributed by atoms with van der Waals surface area (Å²) in [4.78, 5) is 0. The van der Waals surface area contributed by atoms with Crippen molar-refractivity contribution in [1.29, 1.82) is 5.26 Å². The lowest BCUT2D eigenvalue weighted by Crippen LogP contribution is -2.00. The average molecular weight is 366 g/mol. The first kappa shape index (κ1) is 19.2. The number of nitrogens with zero attached hydrogens (tertiary/aromatic N) is 3. The Morgan fingerprint density at radius 3 is 2.50 bits per heavy atom. The number of aromatic nitrogens is 2. The van der Waals surface area contributed by atoms with Gasteiger partial charge in [0.15, 0.2) is 0 Å².